The second-order valence-corrected chi connectivity index (χ2v) is 6.61. The van der Waals surface area contributed by atoms with E-state index >= 15 is 0 Å². The summed E-state index contributed by atoms with van der Waals surface area (Å²) in [5, 5.41) is 0. The number of aromatic nitrogens is 4. The van der Waals surface area contributed by atoms with E-state index in [9.17, 15) is 4.79 Å². The van der Waals surface area contributed by atoms with Crippen molar-refractivity contribution in [1.82, 2.24) is 24.4 Å². The number of aryl methyl sites for hydroxylation is 1. The number of nitrogens with zero attached hydrogens (tertiary/aromatic N) is 5. The maximum atomic E-state index is 11.9. The van der Waals surface area contributed by atoms with Crippen LogP contribution in [0.5, 0.6) is 0 Å². The third-order valence-electron chi connectivity index (χ3n) is 4.90. The molecule has 0 aliphatic carbocycles. The Morgan fingerprint density at radius 2 is 2.04 bits per heavy atom. The van der Waals surface area contributed by atoms with Crippen molar-refractivity contribution >= 4 is 5.91 Å². The lowest BCUT2D eigenvalue weighted by Gasteiger charge is -2.31. The molecular weight excluding hydrogens is 318 g/mol. The first-order valence-corrected chi connectivity index (χ1v) is 8.64. The van der Waals surface area contributed by atoms with Gasteiger partial charge in [0.2, 0.25) is 5.91 Å². The summed E-state index contributed by atoms with van der Waals surface area (Å²) in [6.07, 6.45) is 8.34. The van der Waals surface area contributed by atoms with Crippen molar-refractivity contribution in [3.63, 3.8) is 0 Å². The van der Waals surface area contributed by atoms with Gasteiger partial charge in [0.25, 0.3) is 0 Å². The van der Waals surface area contributed by atoms with Crippen LogP contribution in [-0.2, 0) is 23.0 Å². The standard InChI is InChI=1S/C18H25N5O2/c1-13-20-11-17(22(13)2)16-10-19-9-15(21-16)8-14-4-6-23(7-5-14)18(24)12-25-3/h9-11,14H,4-8,12H2,1-3H3. The molecule has 0 saturated carbocycles. The summed E-state index contributed by atoms with van der Waals surface area (Å²) in [7, 11) is 3.54. The van der Waals surface area contributed by atoms with E-state index in [1.807, 2.05) is 35.8 Å². The highest BCUT2D eigenvalue weighted by atomic mass is 16.5. The quantitative estimate of drug-likeness (QED) is 0.825. The Kier molecular flexibility index (Phi) is 5.43. The van der Waals surface area contributed by atoms with Gasteiger partial charge in [-0.2, -0.15) is 0 Å². The van der Waals surface area contributed by atoms with Crippen molar-refractivity contribution in [2.24, 2.45) is 13.0 Å². The minimum Gasteiger partial charge on any atom is -0.375 e. The average molecular weight is 343 g/mol. The van der Waals surface area contributed by atoms with E-state index in [1.165, 1.54) is 0 Å². The van der Waals surface area contributed by atoms with E-state index in [0.717, 1.165) is 55.3 Å². The van der Waals surface area contributed by atoms with Gasteiger partial charge in [0, 0.05) is 33.4 Å². The van der Waals surface area contributed by atoms with Crippen molar-refractivity contribution in [3.05, 3.63) is 30.1 Å². The number of ether oxygens (including phenoxy) is 1. The Morgan fingerprint density at radius 3 is 2.68 bits per heavy atom. The van der Waals surface area contributed by atoms with E-state index in [1.54, 1.807) is 13.3 Å². The number of carbonyl (C=O) groups is 1. The molecule has 0 radical (unpaired) electrons. The van der Waals surface area contributed by atoms with Crippen LogP contribution in [0.25, 0.3) is 11.4 Å². The molecule has 2 aromatic heterocycles. The molecule has 1 aliphatic heterocycles. The van der Waals surface area contributed by atoms with Crippen LogP contribution in [0, 0.1) is 12.8 Å². The first kappa shape index (κ1) is 17.5. The molecule has 25 heavy (non-hydrogen) atoms. The Balaban J connectivity index is 1.62. The number of imidazole rings is 1. The predicted molar refractivity (Wildman–Crippen MR) is 93.9 cm³/mol. The highest BCUT2D eigenvalue weighted by molar-refractivity contribution is 5.77. The van der Waals surface area contributed by atoms with Gasteiger partial charge < -0.3 is 14.2 Å². The molecule has 134 valence electrons. The fourth-order valence-electron chi connectivity index (χ4n) is 3.27. The normalized spacial score (nSPS) is 15.6. The number of methoxy groups -OCH3 is 1. The van der Waals surface area contributed by atoms with Crippen LogP contribution < -0.4 is 0 Å². The third kappa shape index (κ3) is 4.04. The second kappa shape index (κ2) is 7.74. The van der Waals surface area contributed by atoms with Crippen LogP contribution in [0.4, 0.5) is 0 Å². The number of piperidine rings is 1. The molecule has 1 saturated heterocycles. The summed E-state index contributed by atoms with van der Waals surface area (Å²) in [4.78, 5) is 27.2. The number of carbonyl (C=O) groups excluding carboxylic acids is 1. The zero-order valence-corrected chi connectivity index (χ0v) is 15.1. The number of likely N-dealkylation sites (tertiary alicyclic amines) is 1. The molecule has 2 aromatic rings. The Morgan fingerprint density at radius 1 is 1.28 bits per heavy atom. The number of amides is 1. The lowest BCUT2D eigenvalue weighted by atomic mass is 9.92. The molecule has 0 atom stereocenters. The lowest BCUT2D eigenvalue weighted by molar-refractivity contribution is -0.136. The van der Waals surface area contributed by atoms with Crippen LogP contribution in [0.1, 0.15) is 24.4 Å². The van der Waals surface area contributed by atoms with Gasteiger partial charge in [-0.05, 0) is 32.1 Å². The molecule has 0 unspecified atom stereocenters. The van der Waals surface area contributed by atoms with Crippen LogP contribution in [0.2, 0.25) is 0 Å². The minimum atomic E-state index is 0.0781. The fourth-order valence-corrected chi connectivity index (χ4v) is 3.27. The number of hydrogen-bond donors (Lipinski definition) is 0. The average Bonchev–Trinajstić information content (AvgIpc) is 2.95. The Hall–Kier alpha value is -2.28. The highest BCUT2D eigenvalue weighted by Gasteiger charge is 2.23. The van der Waals surface area contributed by atoms with Crippen molar-refractivity contribution in [1.29, 1.82) is 0 Å². The summed E-state index contributed by atoms with van der Waals surface area (Å²) in [6, 6.07) is 0. The molecular formula is C18H25N5O2. The lowest BCUT2D eigenvalue weighted by Crippen LogP contribution is -2.40. The van der Waals surface area contributed by atoms with E-state index in [4.69, 9.17) is 9.72 Å². The Labute approximate surface area is 148 Å². The molecule has 0 aromatic carbocycles. The maximum Gasteiger partial charge on any atom is 0.248 e. The molecule has 0 bridgehead atoms. The van der Waals surface area contributed by atoms with Gasteiger partial charge in [-0.15, -0.1) is 0 Å². The predicted octanol–water partition coefficient (Wildman–Crippen LogP) is 1.61. The number of hydrogen-bond acceptors (Lipinski definition) is 5. The molecule has 1 amide bonds. The maximum absolute atomic E-state index is 11.9. The van der Waals surface area contributed by atoms with Crippen molar-refractivity contribution in [3.8, 4) is 11.4 Å². The van der Waals surface area contributed by atoms with Crippen molar-refractivity contribution in [2.75, 3.05) is 26.8 Å². The molecule has 0 spiro atoms. The van der Waals surface area contributed by atoms with E-state index in [-0.39, 0.29) is 12.5 Å². The van der Waals surface area contributed by atoms with Crippen LogP contribution >= 0.6 is 0 Å². The zero-order valence-electron chi connectivity index (χ0n) is 15.1. The SMILES string of the molecule is COCC(=O)N1CCC(Cc2cncc(-c3cnc(C)n3C)n2)CC1. The van der Waals surface area contributed by atoms with E-state index in [2.05, 4.69) is 9.97 Å². The van der Waals surface area contributed by atoms with Gasteiger partial charge in [0.1, 0.15) is 18.1 Å². The summed E-state index contributed by atoms with van der Waals surface area (Å²) in [5.74, 6) is 1.56. The molecule has 3 heterocycles. The van der Waals surface area contributed by atoms with E-state index in [0.29, 0.717) is 5.92 Å². The van der Waals surface area contributed by atoms with Gasteiger partial charge in [0.05, 0.1) is 23.8 Å². The fraction of sp³-hybridized carbons (Fsp3) is 0.556. The van der Waals surface area contributed by atoms with Crippen LogP contribution in [0.3, 0.4) is 0 Å². The highest BCUT2D eigenvalue weighted by Crippen LogP contribution is 2.22. The zero-order chi connectivity index (χ0) is 17.8. The summed E-state index contributed by atoms with van der Waals surface area (Å²) in [5.41, 5.74) is 2.83. The summed E-state index contributed by atoms with van der Waals surface area (Å²) in [6.45, 7) is 3.73. The molecule has 1 aliphatic rings. The second-order valence-electron chi connectivity index (χ2n) is 6.61. The van der Waals surface area contributed by atoms with Crippen molar-refractivity contribution in [2.45, 2.75) is 26.2 Å². The van der Waals surface area contributed by atoms with Gasteiger partial charge in [0.15, 0.2) is 0 Å². The third-order valence-corrected chi connectivity index (χ3v) is 4.90. The molecule has 7 heteroatoms. The summed E-state index contributed by atoms with van der Waals surface area (Å²) < 4.78 is 6.95. The minimum absolute atomic E-state index is 0.0781. The summed E-state index contributed by atoms with van der Waals surface area (Å²) >= 11 is 0. The molecule has 3 rings (SSSR count). The topological polar surface area (TPSA) is 73.1 Å². The number of rotatable bonds is 5. The van der Waals surface area contributed by atoms with Gasteiger partial charge in [-0.3, -0.25) is 9.78 Å². The molecule has 7 nitrogen and oxygen atoms in total. The first-order valence-electron chi connectivity index (χ1n) is 8.64. The molecule has 1 fully saturated rings. The van der Waals surface area contributed by atoms with Gasteiger partial charge in [-0.1, -0.05) is 0 Å². The van der Waals surface area contributed by atoms with E-state index < -0.39 is 0 Å². The van der Waals surface area contributed by atoms with Gasteiger partial charge >= 0.3 is 0 Å². The van der Waals surface area contributed by atoms with Crippen LogP contribution in [0.15, 0.2) is 18.6 Å². The smallest absolute Gasteiger partial charge is 0.248 e. The molecule has 0 N–H and O–H groups in total. The van der Waals surface area contributed by atoms with Crippen LogP contribution in [-0.4, -0.2) is 57.1 Å². The Bertz CT molecular complexity index is 735. The van der Waals surface area contributed by atoms with Crippen molar-refractivity contribution < 1.29 is 9.53 Å². The largest absolute Gasteiger partial charge is 0.375 e. The monoisotopic (exact) mass is 343 g/mol. The first-order chi connectivity index (χ1) is 12.1. The van der Waals surface area contributed by atoms with Gasteiger partial charge in [-0.25, -0.2) is 9.97 Å².